The Morgan fingerprint density at radius 1 is 0.966 bits per heavy atom. The lowest BCUT2D eigenvalue weighted by Gasteiger charge is -2.27. The molecule has 0 saturated carbocycles. The van der Waals surface area contributed by atoms with E-state index >= 15 is 0 Å². The molecule has 1 heterocycles. The van der Waals surface area contributed by atoms with Gasteiger partial charge in [0.05, 0.1) is 12.5 Å². The molecule has 1 aliphatic heterocycles. The Bertz CT molecular complexity index is 1050. The van der Waals surface area contributed by atoms with Gasteiger partial charge in [-0.15, -0.1) is 0 Å². The summed E-state index contributed by atoms with van der Waals surface area (Å²) in [6.45, 7) is 1.80. The second-order valence-corrected chi connectivity index (χ2v) is 7.75. The Labute approximate surface area is 177 Å². The number of carbonyl (C=O) groups excluding carboxylic acids is 2. The van der Waals surface area contributed by atoms with E-state index in [1.807, 2.05) is 73.7 Å². The van der Waals surface area contributed by atoms with Crippen LogP contribution in [0.5, 0.6) is 11.5 Å². The normalized spacial score (nSPS) is 12.3. The molecule has 5 nitrogen and oxygen atoms in total. The number of carbonyl (C=O) groups is 2. The minimum Gasteiger partial charge on any atom is -0.457 e. The molecule has 0 atom stereocenters. The molecule has 0 aliphatic carbocycles. The molecule has 0 aromatic heterocycles. The number of halogens is 1. The van der Waals surface area contributed by atoms with E-state index in [0.717, 1.165) is 21.2 Å². The van der Waals surface area contributed by atoms with Crippen molar-refractivity contribution in [1.29, 1.82) is 0 Å². The number of amides is 2. The van der Waals surface area contributed by atoms with E-state index in [4.69, 9.17) is 4.74 Å². The topological polar surface area (TPSA) is 67.4 Å². The molecule has 29 heavy (non-hydrogen) atoms. The molecule has 3 aromatic rings. The van der Waals surface area contributed by atoms with Crippen LogP contribution in [0.15, 0.2) is 71.2 Å². The Kier molecular flexibility index (Phi) is 5.36. The van der Waals surface area contributed by atoms with Crippen molar-refractivity contribution in [2.75, 3.05) is 11.9 Å². The van der Waals surface area contributed by atoms with Crippen LogP contribution in [-0.4, -0.2) is 18.4 Å². The fourth-order valence-corrected chi connectivity index (χ4v) is 3.90. The summed E-state index contributed by atoms with van der Waals surface area (Å²) in [6, 6.07) is 20.5. The molecule has 146 valence electrons. The van der Waals surface area contributed by atoms with Crippen molar-refractivity contribution in [2.45, 2.75) is 12.8 Å². The van der Waals surface area contributed by atoms with E-state index in [-0.39, 0.29) is 18.4 Å². The van der Waals surface area contributed by atoms with Crippen LogP contribution in [0, 0.1) is 6.92 Å². The van der Waals surface area contributed by atoms with Crippen LogP contribution in [0.25, 0.3) is 0 Å². The second kappa shape index (κ2) is 8.09. The largest absolute Gasteiger partial charge is 0.457 e. The van der Waals surface area contributed by atoms with Crippen LogP contribution in [0.2, 0.25) is 0 Å². The molecular weight excluding hydrogens is 432 g/mol. The molecule has 2 N–H and O–H groups in total. The number of hydrogen-bond donors (Lipinski definition) is 2. The number of hydrogen-bond acceptors (Lipinski definition) is 3. The van der Waals surface area contributed by atoms with E-state index in [1.54, 1.807) is 0 Å². The first-order chi connectivity index (χ1) is 14.0. The van der Waals surface area contributed by atoms with Crippen molar-refractivity contribution >= 4 is 33.4 Å². The Hall–Kier alpha value is -3.12. The SMILES string of the molecule is Cc1cc(Br)ccc1NC(=O)CNC(=O)C1c2ccccc2Oc2ccccc21. The van der Waals surface area contributed by atoms with Crippen LogP contribution < -0.4 is 15.4 Å². The lowest BCUT2D eigenvalue weighted by Crippen LogP contribution is -2.37. The van der Waals surface area contributed by atoms with Crippen LogP contribution in [0.3, 0.4) is 0 Å². The Morgan fingerprint density at radius 3 is 2.21 bits per heavy atom. The number of aryl methyl sites for hydroxylation is 1. The first-order valence-corrected chi connectivity index (χ1v) is 10.0. The molecule has 0 bridgehead atoms. The average molecular weight is 451 g/mol. The van der Waals surface area contributed by atoms with Crippen LogP contribution in [0.1, 0.15) is 22.6 Å². The summed E-state index contributed by atoms with van der Waals surface area (Å²) in [5, 5.41) is 5.60. The zero-order valence-corrected chi connectivity index (χ0v) is 17.3. The predicted octanol–water partition coefficient (Wildman–Crippen LogP) is 4.75. The predicted molar refractivity (Wildman–Crippen MR) is 115 cm³/mol. The van der Waals surface area contributed by atoms with Gasteiger partial charge in [0, 0.05) is 21.3 Å². The van der Waals surface area contributed by atoms with Gasteiger partial charge in [0.1, 0.15) is 11.5 Å². The molecule has 0 saturated heterocycles. The van der Waals surface area contributed by atoms with Gasteiger partial charge in [-0.3, -0.25) is 9.59 Å². The summed E-state index contributed by atoms with van der Waals surface area (Å²) >= 11 is 3.40. The van der Waals surface area contributed by atoms with E-state index in [1.165, 1.54) is 0 Å². The highest BCUT2D eigenvalue weighted by molar-refractivity contribution is 9.10. The van der Waals surface area contributed by atoms with Gasteiger partial charge in [-0.05, 0) is 42.8 Å². The lowest BCUT2D eigenvalue weighted by atomic mass is 9.87. The molecule has 0 radical (unpaired) electrons. The number of nitrogens with one attached hydrogen (secondary N) is 2. The van der Waals surface area contributed by atoms with Crippen molar-refractivity contribution in [2.24, 2.45) is 0 Å². The van der Waals surface area contributed by atoms with Gasteiger partial charge in [0.15, 0.2) is 0 Å². The summed E-state index contributed by atoms with van der Waals surface area (Å²) < 4.78 is 6.86. The van der Waals surface area contributed by atoms with Crippen molar-refractivity contribution in [3.8, 4) is 11.5 Å². The van der Waals surface area contributed by atoms with Crippen molar-refractivity contribution in [1.82, 2.24) is 5.32 Å². The first-order valence-electron chi connectivity index (χ1n) is 9.22. The maximum Gasteiger partial charge on any atom is 0.243 e. The number of anilines is 1. The number of benzene rings is 3. The molecule has 0 unspecified atom stereocenters. The molecule has 1 aliphatic rings. The van der Waals surface area contributed by atoms with Gasteiger partial charge in [0.2, 0.25) is 11.8 Å². The second-order valence-electron chi connectivity index (χ2n) is 6.84. The van der Waals surface area contributed by atoms with Gasteiger partial charge in [0.25, 0.3) is 0 Å². The maximum absolute atomic E-state index is 13.0. The minimum absolute atomic E-state index is 0.115. The number of para-hydroxylation sites is 2. The lowest BCUT2D eigenvalue weighted by molar-refractivity contribution is -0.124. The zero-order valence-electron chi connectivity index (χ0n) is 15.7. The summed E-state index contributed by atoms with van der Waals surface area (Å²) in [5.74, 6) is 0.259. The van der Waals surface area contributed by atoms with Crippen molar-refractivity contribution in [3.05, 3.63) is 87.9 Å². The fourth-order valence-electron chi connectivity index (χ4n) is 3.42. The third kappa shape index (κ3) is 4.03. The average Bonchev–Trinajstić information content (AvgIpc) is 2.72. The third-order valence-corrected chi connectivity index (χ3v) is 5.32. The molecule has 0 spiro atoms. The monoisotopic (exact) mass is 450 g/mol. The Balaban J connectivity index is 1.49. The van der Waals surface area contributed by atoms with Gasteiger partial charge in [-0.25, -0.2) is 0 Å². The molecule has 2 amide bonds. The van der Waals surface area contributed by atoms with Crippen LogP contribution in [0.4, 0.5) is 5.69 Å². The number of fused-ring (bicyclic) bond motifs is 2. The van der Waals surface area contributed by atoms with Gasteiger partial charge in [-0.2, -0.15) is 0 Å². The highest BCUT2D eigenvalue weighted by atomic mass is 79.9. The van der Waals surface area contributed by atoms with Crippen molar-refractivity contribution in [3.63, 3.8) is 0 Å². The Morgan fingerprint density at radius 2 is 1.59 bits per heavy atom. The van der Waals surface area contributed by atoms with E-state index < -0.39 is 5.92 Å². The summed E-state index contributed by atoms with van der Waals surface area (Å²) in [6.07, 6.45) is 0. The maximum atomic E-state index is 13.0. The van der Waals surface area contributed by atoms with E-state index in [0.29, 0.717) is 17.2 Å². The summed E-state index contributed by atoms with van der Waals surface area (Å²) in [5.41, 5.74) is 3.22. The van der Waals surface area contributed by atoms with Crippen molar-refractivity contribution < 1.29 is 14.3 Å². The number of ether oxygens (including phenoxy) is 1. The summed E-state index contributed by atoms with van der Waals surface area (Å²) in [4.78, 5) is 25.4. The quantitative estimate of drug-likeness (QED) is 0.602. The third-order valence-electron chi connectivity index (χ3n) is 4.83. The minimum atomic E-state index is -0.529. The molecular formula is C23H19BrN2O3. The zero-order chi connectivity index (χ0) is 20.4. The van der Waals surface area contributed by atoms with Crippen LogP contribution >= 0.6 is 15.9 Å². The van der Waals surface area contributed by atoms with Gasteiger partial charge in [-0.1, -0.05) is 52.3 Å². The first kappa shape index (κ1) is 19.2. The molecule has 0 fully saturated rings. The molecule has 6 heteroatoms. The molecule has 3 aromatic carbocycles. The van der Waals surface area contributed by atoms with E-state index in [2.05, 4.69) is 26.6 Å². The summed E-state index contributed by atoms with van der Waals surface area (Å²) in [7, 11) is 0. The highest BCUT2D eigenvalue weighted by Gasteiger charge is 2.32. The molecule has 4 rings (SSSR count). The van der Waals surface area contributed by atoms with Gasteiger partial charge < -0.3 is 15.4 Å². The fraction of sp³-hybridized carbons (Fsp3) is 0.130. The standard InChI is InChI=1S/C23H19BrN2O3/c1-14-12-15(24)10-11-18(14)26-21(27)13-25-23(28)22-16-6-2-4-8-19(16)29-20-9-5-3-7-17(20)22/h2-12,22H,13H2,1H3,(H,25,28)(H,26,27). The highest BCUT2D eigenvalue weighted by Crippen LogP contribution is 2.43. The number of rotatable bonds is 4. The van der Waals surface area contributed by atoms with Crippen LogP contribution in [-0.2, 0) is 9.59 Å². The van der Waals surface area contributed by atoms with Gasteiger partial charge >= 0.3 is 0 Å². The smallest absolute Gasteiger partial charge is 0.243 e. The van der Waals surface area contributed by atoms with E-state index in [9.17, 15) is 9.59 Å².